The number of fused-ring (bicyclic) bond motifs is 1. The van der Waals surface area contributed by atoms with E-state index in [1.54, 1.807) is 0 Å². The molecule has 3 rings (SSSR count). The highest BCUT2D eigenvalue weighted by Gasteiger charge is 2.06. The summed E-state index contributed by atoms with van der Waals surface area (Å²) < 4.78 is 0. The predicted octanol–water partition coefficient (Wildman–Crippen LogP) is 2.56. The first-order chi connectivity index (χ1) is 10.3. The molecule has 106 valence electrons. The molecular weight excluding hydrogens is 262 g/mol. The maximum absolute atomic E-state index is 12.2. The molecule has 2 aromatic carbocycles. The first-order valence-electron chi connectivity index (χ1n) is 6.89. The van der Waals surface area contributed by atoms with Gasteiger partial charge in [-0.05, 0) is 35.4 Å². The second-order valence-corrected chi connectivity index (χ2v) is 4.98. The molecule has 0 radical (unpaired) electrons. The van der Waals surface area contributed by atoms with Crippen molar-refractivity contribution < 1.29 is 4.79 Å². The zero-order valence-electron chi connectivity index (χ0n) is 11.6. The average molecular weight is 279 g/mol. The Balaban J connectivity index is 1.67. The lowest BCUT2D eigenvalue weighted by atomic mass is 10.1. The summed E-state index contributed by atoms with van der Waals surface area (Å²) in [6, 6.07) is 15.5. The smallest absolute Gasteiger partial charge is 0.251 e. The highest BCUT2D eigenvalue weighted by Crippen LogP contribution is 2.14. The summed E-state index contributed by atoms with van der Waals surface area (Å²) in [5.41, 5.74) is 9.41. The van der Waals surface area contributed by atoms with Gasteiger partial charge in [0, 0.05) is 35.8 Å². The maximum atomic E-state index is 12.2. The van der Waals surface area contributed by atoms with Gasteiger partial charge in [-0.2, -0.15) is 0 Å². The van der Waals surface area contributed by atoms with Gasteiger partial charge in [0.15, 0.2) is 0 Å². The molecule has 0 bridgehead atoms. The van der Waals surface area contributed by atoms with E-state index in [0.717, 1.165) is 22.0 Å². The van der Waals surface area contributed by atoms with E-state index >= 15 is 0 Å². The fraction of sp³-hybridized carbons (Fsp3) is 0.118. The average Bonchev–Trinajstić information content (AvgIpc) is 3.00. The van der Waals surface area contributed by atoms with Crippen molar-refractivity contribution in [1.29, 1.82) is 0 Å². The number of nitrogens with one attached hydrogen (secondary N) is 2. The number of H-pyrrole nitrogens is 1. The van der Waals surface area contributed by atoms with Gasteiger partial charge in [0.25, 0.3) is 5.91 Å². The summed E-state index contributed by atoms with van der Waals surface area (Å²) in [4.78, 5) is 15.3. The Morgan fingerprint density at radius 2 is 1.81 bits per heavy atom. The number of hydrogen-bond donors (Lipinski definition) is 3. The van der Waals surface area contributed by atoms with Crippen molar-refractivity contribution in [3.63, 3.8) is 0 Å². The molecule has 21 heavy (non-hydrogen) atoms. The van der Waals surface area contributed by atoms with Gasteiger partial charge in [0.2, 0.25) is 0 Å². The summed E-state index contributed by atoms with van der Waals surface area (Å²) in [6.45, 7) is 1.04. The minimum Gasteiger partial charge on any atom is -0.361 e. The van der Waals surface area contributed by atoms with Crippen LogP contribution in [0.25, 0.3) is 10.9 Å². The van der Waals surface area contributed by atoms with Gasteiger partial charge in [-0.1, -0.05) is 24.3 Å². The summed E-state index contributed by atoms with van der Waals surface area (Å²) in [6.07, 6.45) is 1.87. The lowest BCUT2D eigenvalue weighted by molar-refractivity contribution is 0.0951. The normalized spacial score (nSPS) is 10.7. The molecule has 0 unspecified atom stereocenters. The van der Waals surface area contributed by atoms with Gasteiger partial charge < -0.3 is 16.0 Å². The van der Waals surface area contributed by atoms with Crippen molar-refractivity contribution in [3.05, 3.63) is 71.4 Å². The molecule has 0 saturated carbocycles. The second-order valence-electron chi connectivity index (χ2n) is 4.98. The topological polar surface area (TPSA) is 70.9 Å². The molecular formula is C17H17N3O. The van der Waals surface area contributed by atoms with Crippen LogP contribution < -0.4 is 11.1 Å². The SMILES string of the molecule is NCc1ccc(CNC(=O)c2ccc3[nH]ccc3c2)cc1. The largest absolute Gasteiger partial charge is 0.361 e. The minimum absolute atomic E-state index is 0.0685. The Morgan fingerprint density at radius 3 is 2.57 bits per heavy atom. The number of hydrogen-bond acceptors (Lipinski definition) is 2. The lowest BCUT2D eigenvalue weighted by Crippen LogP contribution is -2.22. The number of aromatic nitrogens is 1. The van der Waals surface area contributed by atoms with Crippen LogP contribution in [0.5, 0.6) is 0 Å². The lowest BCUT2D eigenvalue weighted by Gasteiger charge is -2.06. The number of rotatable bonds is 4. The Hall–Kier alpha value is -2.59. The Kier molecular flexibility index (Phi) is 3.71. The van der Waals surface area contributed by atoms with E-state index in [1.807, 2.05) is 54.7 Å². The van der Waals surface area contributed by atoms with Crippen LogP contribution in [-0.2, 0) is 13.1 Å². The molecule has 0 spiro atoms. The molecule has 4 nitrogen and oxygen atoms in total. The van der Waals surface area contributed by atoms with Gasteiger partial charge in [0.1, 0.15) is 0 Å². The summed E-state index contributed by atoms with van der Waals surface area (Å²) in [5.74, 6) is -0.0685. The predicted molar refractivity (Wildman–Crippen MR) is 83.8 cm³/mol. The van der Waals surface area contributed by atoms with Gasteiger partial charge in [-0.3, -0.25) is 4.79 Å². The molecule has 3 aromatic rings. The van der Waals surface area contributed by atoms with Gasteiger partial charge in [-0.25, -0.2) is 0 Å². The zero-order chi connectivity index (χ0) is 14.7. The third kappa shape index (κ3) is 2.95. The van der Waals surface area contributed by atoms with Crippen molar-refractivity contribution in [2.45, 2.75) is 13.1 Å². The van der Waals surface area contributed by atoms with E-state index in [1.165, 1.54) is 0 Å². The van der Waals surface area contributed by atoms with Crippen LogP contribution in [-0.4, -0.2) is 10.9 Å². The van der Waals surface area contributed by atoms with Crippen LogP contribution in [0.4, 0.5) is 0 Å². The van der Waals surface area contributed by atoms with Crippen LogP contribution in [0.3, 0.4) is 0 Å². The third-order valence-corrected chi connectivity index (χ3v) is 3.53. The molecule has 0 aliphatic rings. The second kappa shape index (κ2) is 5.81. The van der Waals surface area contributed by atoms with Gasteiger partial charge >= 0.3 is 0 Å². The van der Waals surface area contributed by atoms with Gasteiger partial charge in [-0.15, -0.1) is 0 Å². The van der Waals surface area contributed by atoms with E-state index in [0.29, 0.717) is 18.7 Å². The molecule has 0 aliphatic heterocycles. The van der Waals surface area contributed by atoms with E-state index in [9.17, 15) is 4.79 Å². The van der Waals surface area contributed by atoms with Crippen molar-refractivity contribution in [3.8, 4) is 0 Å². The van der Waals surface area contributed by atoms with E-state index in [-0.39, 0.29) is 5.91 Å². The Morgan fingerprint density at radius 1 is 1.05 bits per heavy atom. The standard InChI is InChI=1S/C17H17N3O/c18-10-12-1-3-13(4-2-12)11-20-17(21)15-5-6-16-14(9-15)7-8-19-16/h1-9,19H,10-11,18H2,(H,20,21). The number of carbonyl (C=O) groups excluding carboxylic acids is 1. The van der Waals surface area contributed by atoms with Crippen LogP contribution in [0.2, 0.25) is 0 Å². The summed E-state index contributed by atoms with van der Waals surface area (Å²) in [5, 5.41) is 3.97. The zero-order valence-corrected chi connectivity index (χ0v) is 11.6. The highest BCUT2D eigenvalue weighted by atomic mass is 16.1. The van der Waals surface area contributed by atoms with E-state index < -0.39 is 0 Å². The van der Waals surface area contributed by atoms with E-state index in [4.69, 9.17) is 5.73 Å². The number of carbonyl (C=O) groups is 1. The molecule has 0 atom stereocenters. The van der Waals surface area contributed by atoms with Crippen LogP contribution in [0.15, 0.2) is 54.7 Å². The van der Waals surface area contributed by atoms with Crippen molar-refractivity contribution >= 4 is 16.8 Å². The minimum atomic E-state index is -0.0685. The first kappa shape index (κ1) is 13.4. The highest BCUT2D eigenvalue weighted by molar-refractivity contribution is 5.98. The Labute approximate surface area is 123 Å². The number of amides is 1. The molecule has 4 N–H and O–H groups in total. The van der Waals surface area contributed by atoms with E-state index in [2.05, 4.69) is 10.3 Å². The summed E-state index contributed by atoms with van der Waals surface area (Å²) >= 11 is 0. The van der Waals surface area contributed by atoms with Crippen LogP contribution >= 0.6 is 0 Å². The molecule has 1 heterocycles. The van der Waals surface area contributed by atoms with Gasteiger partial charge in [0.05, 0.1) is 0 Å². The monoisotopic (exact) mass is 279 g/mol. The van der Waals surface area contributed by atoms with Crippen molar-refractivity contribution in [2.75, 3.05) is 0 Å². The molecule has 0 saturated heterocycles. The van der Waals surface area contributed by atoms with Crippen molar-refractivity contribution in [1.82, 2.24) is 10.3 Å². The molecule has 0 fully saturated rings. The quantitative estimate of drug-likeness (QED) is 0.687. The van der Waals surface area contributed by atoms with Crippen LogP contribution in [0, 0.1) is 0 Å². The molecule has 1 amide bonds. The molecule has 0 aliphatic carbocycles. The number of aromatic amines is 1. The van der Waals surface area contributed by atoms with Crippen molar-refractivity contribution in [2.24, 2.45) is 5.73 Å². The number of nitrogens with two attached hydrogens (primary N) is 1. The fourth-order valence-electron chi connectivity index (χ4n) is 2.27. The summed E-state index contributed by atoms with van der Waals surface area (Å²) in [7, 11) is 0. The Bertz CT molecular complexity index is 759. The molecule has 1 aromatic heterocycles. The fourth-order valence-corrected chi connectivity index (χ4v) is 2.27. The maximum Gasteiger partial charge on any atom is 0.251 e. The van der Waals surface area contributed by atoms with Crippen LogP contribution in [0.1, 0.15) is 21.5 Å². The third-order valence-electron chi connectivity index (χ3n) is 3.53. The number of benzene rings is 2. The molecule has 4 heteroatoms. The first-order valence-corrected chi connectivity index (χ1v) is 6.89.